The summed E-state index contributed by atoms with van der Waals surface area (Å²) in [5, 5.41) is 17.6. The normalized spacial score (nSPS) is 13.4. The van der Waals surface area contributed by atoms with E-state index in [4.69, 9.17) is 0 Å². The fraction of sp³-hybridized carbons (Fsp3) is 0.143. The summed E-state index contributed by atoms with van der Waals surface area (Å²) in [6.45, 7) is 0. The van der Waals surface area contributed by atoms with Crippen LogP contribution in [0.2, 0.25) is 0 Å². The summed E-state index contributed by atoms with van der Waals surface area (Å²) in [5.41, 5.74) is 1.19. The number of phenolic OH excluding ortho intramolecular Hbond substituents is 1. The van der Waals surface area contributed by atoms with E-state index in [1.54, 1.807) is 36.4 Å². The van der Waals surface area contributed by atoms with Gasteiger partial charge in [0.2, 0.25) is 0 Å². The van der Waals surface area contributed by atoms with Gasteiger partial charge in [-0.3, -0.25) is 9.59 Å². The highest BCUT2D eigenvalue weighted by Gasteiger charge is 2.24. The zero-order valence-electron chi connectivity index (χ0n) is 14.0. The molecule has 1 aliphatic carbocycles. The van der Waals surface area contributed by atoms with E-state index in [2.05, 4.69) is 10.6 Å². The maximum Gasteiger partial charge on any atom is 0.259 e. The molecule has 5 heteroatoms. The number of anilines is 1. The van der Waals surface area contributed by atoms with Crippen molar-refractivity contribution in [1.29, 1.82) is 0 Å². The molecule has 3 N–H and O–H groups in total. The van der Waals surface area contributed by atoms with E-state index < -0.39 is 5.91 Å². The molecule has 3 aromatic carbocycles. The van der Waals surface area contributed by atoms with Crippen LogP contribution in [0.3, 0.4) is 0 Å². The topological polar surface area (TPSA) is 78.4 Å². The number of fused-ring (bicyclic) bond motifs is 1. The van der Waals surface area contributed by atoms with Crippen LogP contribution >= 0.6 is 0 Å². The van der Waals surface area contributed by atoms with Gasteiger partial charge in [-0.25, -0.2) is 0 Å². The Balaban J connectivity index is 1.56. The Morgan fingerprint density at radius 1 is 0.885 bits per heavy atom. The van der Waals surface area contributed by atoms with Crippen LogP contribution in [0.15, 0.2) is 60.7 Å². The molecule has 0 heterocycles. The number of rotatable bonds is 4. The quantitative estimate of drug-likeness (QED) is 0.674. The summed E-state index contributed by atoms with van der Waals surface area (Å²) < 4.78 is 0. The molecule has 3 aromatic rings. The highest BCUT2D eigenvalue weighted by Crippen LogP contribution is 2.26. The molecule has 0 saturated heterocycles. The van der Waals surface area contributed by atoms with Crippen molar-refractivity contribution in [1.82, 2.24) is 5.32 Å². The van der Waals surface area contributed by atoms with Crippen LogP contribution in [-0.4, -0.2) is 23.0 Å². The van der Waals surface area contributed by atoms with Gasteiger partial charge in [0.1, 0.15) is 5.75 Å². The van der Waals surface area contributed by atoms with E-state index in [0.29, 0.717) is 11.3 Å². The van der Waals surface area contributed by atoms with E-state index >= 15 is 0 Å². The van der Waals surface area contributed by atoms with Gasteiger partial charge in [0.15, 0.2) is 0 Å². The lowest BCUT2D eigenvalue weighted by molar-refractivity contribution is 0.0949. The van der Waals surface area contributed by atoms with Crippen molar-refractivity contribution in [2.75, 3.05) is 5.32 Å². The molecule has 1 fully saturated rings. The molecule has 0 spiro atoms. The minimum atomic E-state index is -0.423. The Kier molecular flexibility index (Phi) is 4.05. The van der Waals surface area contributed by atoms with E-state index in [9.17, 15) is 14.7 Å². The van der Waals surface area contributed by atoms with Crippen molar-refractivity contribution in [2.45, 2.75) is 18.9 Å². The standard InChI is InChI=1S/C21H18N2O3/c24-19-12-14-5-2-1-4-13(14)11-18(19)21(26)23-17-7-3-6-15(10-17)20(25)22-16-8-9-16/h1-7,10-12,16,24H,8-9H2,(H,22,25)(H,23,26). The minimum Gasteiger partial charge on any atom is -0.507 e. The van der Waals surface area contributed by atoms with Gasteiger partial charge >= 0.3 is 0 Å². The van der Waals surface area contributed by atoms with Crippen molar-refractivity contribution < 1.29 is 14.7 Å². The highest BCUT2D eigenvalue weighted by atomic mass is 16.3. The molecule has 0 radical (unpaired) electrons. The Bertz CT molecular complexity index is 1010. The van der Waals surface area contributed by atoms with Gasteiger partial charge in [0.25, 0.3) is 11.8 Å². The summed E-state index contributed by atoms with van der Waals surface area (Å²) in [5.74, 6) is -0.644. The van der Waals surface area contributed by atoms with Gasteiger partial charge in [0.05, 0.1) is 5.56 Å². The third kappa shape index (κ3) is 3.37. The molecular weight excluding hydrogens is 328 g/mol. The smallest absolute Gasteiger partial charge is 0.259 e. The van der Waals surface area contributed by atoms with Gasteiger partial charge in [-0.2, -0.15) is 0 Å². The first-order chi connectivity index (χ1) is 12.6. The molecule has 4 rings (SSSR count). The largest absolute Gasteiger partial charge is 0.507 e. The SMILES string of the molecule is O=C(NC1CC1)c1cccc(NC(=O)c2cc3ccccc3cc2O)c1. The highest BCUT2D eigenvalue weighted by molar-refractivity contribution is 6.09. The molecule has 5 nitrogen and oxygen atoms in total. The number of carbonyl (C=O) groups excluding carboxylic acids is 2. The Morgan fingerprint density at radius 2 is 1.62 bits per heavy atom. The third-order valence-electron chi connectivity index (χ3n) is 4.40. The third-order valence-corrected chi connectivity index (χ3v) is 4.40. The molecule has 0 aliphatic heterocycles. The van der Waals surface area contributed by atoms with Crippen LogP contribution in [0.25, 0.3) is 10.8 Å². The minimum absolute atomic E-state index is 0.0798. The molecule has 0 atom stereocenters. The maximum atomic E-state index is 12.6. The lowest BCUT2D eigenvalue weighted by Gasteiger charge is -2.10. The van der Waals surface area contributed by atoms with Crippen molar-refractivity contribution in [2.24, 2.45) is 0 Å². The number of nitrogens with one attached hydrogen (secondary N) is 2. The van der Waals surface area contributed by atoms with Crippen LogP contribution < -0.4 is 10.6 Å². The lowest BCUT2D eigenvalue weighted by atomic mass is 10.1. The number of amides is 2. The molecule has 2 amide bonds. The first-order valence-electron chi connectivity index (χ1n) is 8.54. The average Bonchev–Trinajstić information content (AvgIpc) is 3.45. The van der Waals surface area contributed by atoms with Gasteiger partial charge in [-0.15, -0.1) is 0 Å². The van der Waals surface area contributed by atoms with Crippen molar-refractivity contribution in [3.63, 3.8) is 0 Å². The monoisotopic (exact) mass is 346 g/mol. The molecule has 0 bridgehead atoms. The van der Waals surface area contributed by atoms with Crippen LogP contribution in [0.4, 0.5) is 5.69 Å². The van der Waals surface area contributed by atoms with Crippen molar-refractivity contribution in [3.8, 4) is 5.75 Å². The average molecular weight is 346 g/mol. The summed E-state index contributed by atoms with van der Waals surface area (Å²) in [4.78, 5) is 24.7. The molecule has 1 aliphatic rings. The molecule has 0 unspecified atom stereocenters. The first-order valence-corrected chi connectivity index (χ1v) is 8.54. The molecule has 0 aromatic heterocycles. The van der Waals surface area contributed by atoms with Crippen molar-refractivity contribution in [3.05, 3.63) is 71.8 Å². The van der Waals surface area contributed by atoms with Gasteiger partial charge < -0.3 is 15.7 Å². The summed E-state index contributed by atoms with van der Waals surface area (Å²) in [6.07, 6.45) is 2.03. The van der Waals surface area contributed by atoms with Crippen LogP contribution in [-0.2, 0) is 0 Å². The fourth-order valence-electron chi connectivity index (χ4n) is 2.84. The molecule has 130 valence electrons. The van der Waals surface area contributed by atoms with Crippen LogP contribution in [0.5, 0.6) is 5.75 Å². The van der Waals surface area contributed by atoms with Crippen LogP contribution in [0, 0.1) is 0 Å². The van der Waals surface area contributed by atoms with Gasteiger partial charge in [-0.1, -0.05) is 30.3 Å². The number of carbonyl (C=O) groups is 2. The number of benzene rings is 3. The van der Waals surface area contributed by atoms with Crippen LogP contribution in [0.1, 0.15) is 33.6 Å². The number of phenols is 1. The van der Waals surface area contributed by atoms with Gasteiger partial charge in [0, 0.05) is 17.3 Å². The second-order valence-electron chi connectivity index (χ2n) is 6.50. The van der Waals surface area contributed by atoms with E-state index in [-0.39, 0.29) is 23.3 Å². The van der Waals surface area contributed by atoms with E-state index in [0.717, 1.165) is 23.6 Å². The Hall–Kier alpha value is -3.34. The summed E-state index contributed by atoms with van der Waals surface area (Å²) in [6, 6.07) is 17.8. The zero-order valence-corrected chi connectivity index (χ0v) is 14.0. The number of hydrogen-bond donors (Lipinski definition) is 3. The second kappa shape index (κ2) is 6.52. The predicted octanol–water partition coefficient (Wildman–Crippen LogP) is 3.69. The van der Waals surface area contributed by atoms with Crippen molar-refractivity contribution >= 4 is 28.3 Å². The summed E-state index contributed by atoms with van der Waals surface area (Å²) >= 11 is 0. The van der Waals surface area contributed by atoms with E-state index in [1.165, 1.54) is 0 Å². The number of hydrogen-bond acceptors (Lipinski definition) is 3. The first kappa shape index (κ1) is 16.1. The Morgan fingerprint density at radius 3 is 2.35 bits per heavy atom. The zero-order chi connectivity index (χ0) is 18.1. The predicted molar refractivity (Wildman–Crippen MR) is 100 cm³/mol. The number of aromatic hydroxyl groups is 1. The second-order valence-corrected chi connectivity index (χ2v) is 6.50. The maximum absolute atomic E-state index is 12.6. The van der Waals surface area contributed by atoms with Gasteiger partial charge in [-0.05, 0) is 53.9 Å². The summed E-state index contributed by atoms with van der Waals surface area (Å²) in [7, 11) is 0. The molecular formula is C21H18N2O3. The lowest BCUT2D eigenvalue weighted by Crippen LogP contribution is -2.25. The van der Waals surface area contributed by atoms with E-state index in [1.807, 2.05) is 24.3 Å². The fourth-order valence-corrected chi connectivity index (χ4v) is 2.84. The molecule has 1 saturated carbocycles. The Labute approximate surface area is 150 Å². The molecule has 26 heavy (non-hydrogen) atoms.